The Balaban J connectivity index is 2.23. The zero-order chi connectivity index (χ0) is 15.5. The maximum absolute atomic E-state index is 12.6. The number of amides is 1. The number of β-amino-alcohol motifs (C(OH)–C–C–N with tert-alkyl or cyclic N) is 1. The number of rotatable bonds is 1. The summed E-state index contributed by atoms with van der Waals surface area (Å²) >= 11 is 0. The number of hydrogen-bond acceptors (Lipinski definition) is 3. The van der Waals surface area contributed by atoms with E-state index in [1.165, 1.54) is 0 Å². The quantitative estimate of drug-likeness (QED) is 0.765. The minimum atomic E-state index is -0.791. The van der Waals surface area contributed by atoms with Crippen molar-refractivity contribution in [1.29, 1.82) is 0 Å². The van der Waals surface area contributed by atoms with Crippen molar-refractivity contribution < 1.29 is 9.90 Å². The van der Waals surface area contributed by atoms with Crippen molar-refractivity contribution in [3.05, 3.63) is 34.9 Å². The third kappa shape index (κ3) is 3.84. The molecule has 0 bridgehead atoms. The summed E-state index contributed by atoms with van der Waals surface area (Å²) in [4.78, 5) is 14.3. The second-order valence-corrected chi connectivity index (χ2v) is 5.86. The topological polar surface area (TPSA) is 66.6 Å². The van der Waals surface area contributed by atoms with Gasteiger partial charge in [0.2, 0.25) is 0 Å². The summed E-state index contributed by atoms with van der Waals surface area (Å²) in [6.07, 6.45) is 1.56. The van der Waals surface area contributed by atoms with E-state index in [-0.39, 0.29) is 5.91 Å². The highest BCUT2D eigenvalue weighted by molar-refractivity contribution is 5.94. The number of aliphatic hydroxyl groups is 1. The van der Waals surface area contributed by atoms with E-state index in [0.29, 0.717) is 25.2 Å². The number of likely N-dealkylation sites (tertiary alicyclic amines) is 1. The molecule has 1 amide bonds. The maximum Gasteiger partial charge on any atom is 0.253 e. The van der Waals surface area contributed by atoms with Gasteiger partial charge in [-0.2, -0.15) is 0 Å². The largest absolute Gasteiger partial charge is 0.388 e. The molecule has 1 aliphatic rings. The van der Waals surface area contributed by atoms with E-state index >= 15 is 0 Å². The number of piperidine rings is 1. The lowest BCUT2D eigenvalue weighted by atomic mass is 9.94. The first kappa shape index (κ1) is 15.6. The molecule has 0 aromatic heterocycles. The van der Waals surface area contributed by atoms with Crippen LogP contribution < -0.4 is 5.73 Å². The molecule has 3 N–H and O–H groups in total. The smallest absolute Gasteiger partial charge is 0.253 e. The first-order valence-corrected chi connectivity index (χ1v) is 7.24. The van der Waals surface area contributed by atoms with Gasteiger partial charge in [0.25, 0.3) is 5.91 Å². The molecule has 1 unspecified atom stereocenters. The molecule has 1 fully saturated rings. The molecule has 1 saturated heterocycles. The standard InChI is InChI=1S/C17H22N2O2/c1-13-6-7-15(11-14(13)5-3-9-18)16(20)19-10-4-8-17(2,21)12-19/h6-7,11,21H,4,8-10,12,18H2,1-2H3. The molecular weight excluding hydrogens is 264 g/mol. The van der Waals surface area contributed by atoms with Crippen LogP contribution in [0.2, 0.25) is 0 Å². The molecular formula is C17H22N2O2. The highest BCUT2D eigenvalue weighted by Gasteiger charge is 2.31. The van der Waals surface area contributed by atoms with Crippen LogP contribution in [0, 0.1) is 18.8 Å². The number of nitrogens with two attached hydrogens (primary N) is 1. The Labute approximate surface area is 125 Å². The summed E-state index contributed by atoms with van der Waals surface area (Å²) in [5.41, 5.74) is 7.07. The third-order valence-electron chi connectivity index (χ3n) is 3.77. The van der Waals surface area contributed by atoms with Crippen LogP contribution in [0.15, 0.2) is 18.2 Å². The number of carbonyl (C=O) groups is 1. The second kappa shape index (κ2) is 6.30. The molecule has 0 saturated carbocycles. The van der Waals surface area contributed by atoms with Crippen molar-refractivity contribution in [2.45, 2.75) is 32.3 Å². The number of aryl methyl sites for hydroxylation is 1. The summed E-state index contributed by atoms with van der Waals surface area (Å²) in [6, 6.07) is 5.52. The molecule has 1 heterocycles. The fourth-order valence-corrected chi connectivity index (χ4v) is 2.61. The van der Waals surface area contributed by atoms with E-state index in [1.54, 1.807) is 11.8 Å². The molecule has 4 nitrogen and oxygen atoms in total. The van der Waals surface area contributed by atoms with Crippen molar-refractivity contribution in [3.63, 3.8) is 0 Å². The molecule has 1 aromatic rings. The van der Waals surface area contributed by atoms with Crippen LogP contribution >= 0.6 is 0 Å². The van der Waals surface area contributed by atoms with Gasteiger partial charge in [-0.15, -0.1) is 0 Å². The van der Waals surface area contributed by atoms with Gasteiger partial charge < -0.3 is 15.7 Å². The molecule has 1 aromatic carbocycles. The predicted molar refractivity (Wildman–Crippen MR) is 82.9 cm³/mol. The molecule has 0 radical (unpaired) electrons. The fraction of sp³-hybridized carbons (Fsp3) is 0.471. The summed E-state index contributed by atoms with van der Waals surface area (Å²) in [6.45, 7) is 5.10. The molecule has 2 rings (SSSR count). The van der Waals surface area contributed by atoms with E-state index < -0.39 is 5.60 Å². The van der Waals surface area contributed by atoms with Crippen molar-refractivity contribution in [2.75, 3.05) is 19.6 Å². The van der Waals surface area contributed by atoms with Gasteiger partial charge in [0.15, 0.2) is 0 Å². The van der Waals surface area contributed by atoms with Gasteiger partial charge in [-0.1, -0.05) is 17.9 Å². The van der Waals surface area contributed by atoms with Crippen LogP contribution in [0.1, 0.15) is 41.3 Å². The molecule has 0 aliphatic carbocycles. The van der Waals surface area contributed by atoms with Crippen molar-refractivity contribution >= 4 is 5.91 Å². The Morgan fingerprint density at radius 2 is 2.29 bits per heavy atom. The lowest BCUT2D eigenvalue weighted by Gasteiger charge is -2.36. The van der Waals surface area contributed by atoms with Gasteiger partial charge in [-0.25, -0.2) is 0 Å². The lowest BCUT2D eigenvalue weighted by Crippen LogP contribution is -2.48. The van der Waals surface area contributed by atoms with Crippen LogP contribution in [0.25, 0.3) is 0 Å². The van der Waals surface area contributed by atoms with Crippen molar-refractivity contribution in [1.82, 2.24) is 4.90 Å². The number of carbonyl (C=O) groups excluding carboxylic acids is 1. The summed E-state index contributed by atoms with van der Waals surface area (Å²) in [5, 5.41) is 10.1. The lowest BCUT2D eigenvalue weighted by molar-refractivity contribution is -0.0107. The van der Waals surface area contributed by atoms with Gasteiger partial charge in [0, 0.05) is 24.2 Å². The molecule has 1 aliphatic heterocycles. The Morgan fingerprint density at radius 3 is 2.95 bits per heavy atom. The van der Waals surface area contributed by atoms with Crippen LogP contribution in [0.5, 0.6) is 0 Å². The highest BCUT2D eigenvalue weighted by atomic mass is 16.3. The van der Waals surface area contributed by atoms with Gasteiger partial charge >= 0.3 is 0 Å². The Kier molecular flexibility index (Phi) is 4.66. The van der Waals surface area contributed by atoms with E-state index in [4.69, 9.17) is 5.73 Å². The first-order valence-electron chi connectivity index (χ1n) is 7.24. The molecule has 21 heavy (non-hydrogen) atoms. The molecule has 1 atom stereocenters. The normalized spacial score (nSPS) is 21.6. The third-order valence-corrected chi connectivity index (χ3v) is 3.77. The van der Waals surface area contributed by atoms with E-state index in [9.17, 15) is 9.90 Å². The van der Waals surface area contributed by atoms with Crippen molar-refractivity contribution in [3.8, 4) is 11.8 Å². The van der Waals surface area contributed by atoms with Gasteiger partial charge in [-0.05, 0) is 44.4 Å². The number of nitrogens with zero attached hydrogens (tertiary/aromatic N) is 1. The van der Waals surface area contributed by atoms with Crippen LogP contribution in [-0.4, -0.2) is 41.1 Å². The van der Waals surface area contributed by atoms with Gasteiger partial charge in [0.05, 0.1) is 12.1 Å². The minimum Gasteiger partial charge on any atom is -0.388 e. The zero-order valence-electron chi connectivity index (χ0n) is 12.6. The second-order valence-electron chi connectivity index (χ2n) is 5.86. The Hall–Kier alpha value is -1.83. The minimum absolute atomic E-state index is 0.0502. The fourth-order valence-electron chi connectivity index (χ4n) is 2.61. The monoisotopic (exact) mass is 286 g/mol. The average molecular weight is 286 g/mol. The molecule has 112 valence electrons. The van der Waals surface area contributed by atoms with Crippen LogP contribution in [-0.2, 0) is 0 Å². The average Bonchev–Trinajstić information content (AvgIpc) is 2.44. The predicted octanol–water partition coefficient (Wildman–Crippen LogP) is 1.29. The number of hydrogen-bond donors (Lipinski definition) is 2. The van der Waals surface area contributed by atoms with Crippen LogP contribution in [0.3, 0.4) is 0 Å². The molecule has 0 spiro atoms. The first-order chi connectivity index (χ1) is 9.93. The van der Waals surface area contributed by atoms with Gasteiger partial charge in [0.1, 0.15) is 0 Å². The summed E-state index contributed by atoms with van der Waals surface area (Å²) < 4.78 is 0. The van der Waals surface area contributed by atoms with Gasteiger partial charge in [-0.3, -0.25) is 4.79 Å². The summed E-state index contributed by atoms with van der Waals surface area (Å²) in [5.74, 6) is 5.76. The van der Waals surface area contributed by atoms with E-state index in [0.717, 1.165) is 24.0 Å². The van der Waals surface area contributed by atoms with Crippen molar-refractivity contribution in [2.24, 2.45) is 5.73 Å². The summed E-state index contributed by atoms with van der Waals surface area (Å²) in [7, 11) is 0. The Morgan fingerprint density at radius 1 is 1.52 bits per heavy atom. The highest BCUT2D eigenvalue weighted by Crippen LogP contribution is 2.22. The molecule has 4 heteroatoms. The van der Waals surface area contributed by atoms with E-state index in [2.05, 4.69) is 11.8 Å². The zero-order valence-corrected chi connectivity index (χ0v) is 12.6. The number of benzene rings is 1. The van der Waals surface area contributed by atoms with E-state index in [1.807, 2.05) is 25.1 Å². The Bertz CT molecular complexity index is 597. The maximum atomic E-state index is 12.6. The van der Waals surface area contributed by atoms with Crippen LogP contribution in [0.4, 0.5) is 0 Å². The SMILES string of the molecule is Cc1ccc(C(=O)N2CCCC(C)(O)C2)cc1C#CCN.